The van der Waals surface area contributed by atoms with Gasteiger partial charge in [0.2, 0.25) is 0 Å². The fourth-order valence-corrected chi connectivity index (χ4v) is 4.39. The number of rotatable bonds is 3. The largest absolute Gasteiger partial charge is 0.308 e. The molecule has 0 aromatic rings. The van der Waals surface area contributed by atoms with Crippen LogP contribution in [0.4, 0.5) is 0 Å². The van der Waals surface area contributed by atoms with Crippen molar-refractivity contribution in [2.24, 2.45) is 11.3 Å². The summed E-state index contributed by atoms with van der Waals surface area (Å²) in [5.41, 5.74) is 1.10. The first-order chi connectivity index (χ1) is 9.05. The third kappa shape index (κ3) is 2.85. The molecule has 0 aromatic carbocycles. The molecule has 1 aliphatic heterocycles. The summed E-state index contributed by atoms with van der Waals surface area (Å²) in [6.45, 7) is 11.1. The van der Waals surface area contributed by atoms with E-state index in [2.05, 4.69) is 31.0 Å². The minimum atomic E-state index is 0.475. The lowest BCUT2D eigenvalue weighted by Crippen LogP contribution is -2.64. The van der Waals surface area contributed by atoms with E-state index in [1.54, 1.807) is 0 Å². The van der Waals surface area contributed by atoms with Gasteiger partial charge < -0.3 is 5.32 Å². The maximum atomic E-state index is 3.94. The molecule has 3 aliphatic rings. The van der Waals surface area contributed by atoms with Crippen LogP contribution in [0.25, 0.3) is 0 Å². The van der Waals surface area contributed by atoms with Crippen molar-refractivity contribution in [3.05, 3.63) is 0 Å². The van der Waals surface area contributed by atoms with Crippen molar-refractivity contribution in [3.8, 4) is 0 Å². The molecule has 3 fully saturated rings. The second-order valence-electron chi connectivity index (χ2n) is 8.10. The molecule has 2 atom stereocenters. The fourth-order valence-electron chi connectivity index (χ4n) is 4.39. The first-order valence-electron chi connectivity index (χ1n) is 8.54. The highest BCUT2D eigenvalue weighted by Crippen LogP contribution is 2.52. The van der Waals surface area contributed by atoms with E-state index in [-0.39, 0.29) is 0 Å². The Kier molecular flexibility index (Phi) is 3.68. The molecule has 19 heavy (non-hydrogen) atoms. The second kappa shape index (κ2) is 5.04. The molecule has 2 unspecified atom stereocenters. The van der Waals surface area contributed by atoms with Gasteiger partial charge in [0.25, 0.3) is 0 Å². The normalized spacial score (nSPS) is 37.4. The van der Waals surface area contributed by atoms with Gasteiger partial charge in [-0.15, -0.1) is 0 Å². The summed E-state index contributed by atoms with van der Waals surface area (Å²) in [6.07, 6.45) is 9.90. The number of nitrogens with one attached hydrogen (secondary N) is 1. The number of hydrogen-bond donors (Lipinski definition) is 1. The van der Waals surface area contributed by atoms with Gasteiger partial charge >= 0.3 is 0 Å². The summed E-state index contributed by atoms with van der Waals surface area (Å²) in [5, 5.41) is 3.94. The third-order valence-corrected chi connectivity index (χ3v) is 6.19. The molecule has 1 saturated heterocycles. The van der Waals surface area contributed by atoms with Crippen molar-refractivity contribution in [2.75, 3.05) is 19.6 Å². The topological polar surface area (TPSA) is 15.3 Å². The van der Waals surface area contributed by atoms with Gasteiger partial charge in [-0.25, -0.2) is 0 Å². The van der Waals surface area contributed by atoms with Crippen LogP contribution < -0.4 is 5.32 Å². The molecule has 2 nitrogen and oxygen atoms in total. The molecule has 1 spiro atoms. The summed E-state index contributed by atoms with van der Waals surface area (Å²) in [5.74, 6) is 0.959. The second-order valence-corrected chi connectivity index (χ2v) is 8.10. The molecule has 2 saturated carbocycles. The predicted octanol–water partition coefficient (Wildman–Crippen LogP) is 3.42. The smallest absolute Gasteiger partial charge is 0.0309 e. The van der Waals surface area contributed by atoms with Crippen molar-refractivity contribution in [1.82, 2.24) is 10.2 Å². The maximum absolute atomic E-state index is 3.94. The molecule has 1 N–H and O–H groups in total. The Bertz CT molecular complexity index is 317. The summed E-state index contributed by atoms with van der Waals surface area (Å²) in [4.78, 5) is 2.85. The Labute approximate surface area is 119 Å². The molecule has 1 heterocycles. The molecule has 0 amide bonds. The van der Waals surface area contributed by atoms with E-state index in [9.17, 15) is 0 Å². The van der Waals surface area contributed by atoms with E-state index in [4.69, 9.17) is 0 Å². The highest BCUT2D eigenvalue weighted by Gasteiger charge is 2.48. The van der Waals surface area contributed by atoms with Crippen LogP contribution >= 0.6 is 0 Å². The Hall–Kier alpha value is -0.0800. The van der Waals surface area contributed by atoms with E-state index < -0.39 is 0 Å². The van der Waals surface area contributed by atoms with Crippen LogP contribution in [-0.4, -0.2) is 36.1 Å². The summed E-state index contributed by atoms with van der Waals surface area (Å²) in [6, 6.07) is 0.781. The van der Waals surface area contributed by atoms with Gasteiger partial charge in [-0.1, -0.05) is 40.0 Å². The first-order valence-corrected chi connectivity index (χ1v) is 8.54. The van der Waals surface area contributed by atoms with Crippen LogP contribution in [0.3, 0.4) is 0 Å². The van der Waals surface area contributed by atoms with Gasteiger partial charge in [-0.3, -0.25) is 4.90 Å². The SMILES string of the molecule is CCC1CNC2(CCCCC2)CN1CC1CC1(C)C. The van der Waals surface area contributed by atoms with Crippen LogP contribution in [0.5, 0.6) is 0 Å². The standard InChI is InChI=1S/C17H32N2/c1-4-15-11-18-17(8-6-5-7-9-17)13-19(15)12-14-10-16(14,2)3/h14-15,18H,4-13H2,1-3H3. The number of piperazine rings is 1. The molecule has 0 aromatic heterocycles. The molecule has 2 heteroatoms. The van der Waals surface area contributed by atoms with Gasteiger partial charge in [0.05, 0.1) is 0 Å². The van der Waals surface area contributed by atoms with Crippen LogP contribution in [-0.2, 0) is 0 Å². The van der Waals surface area contributed by atoms with Gasteiger partial charge in [-0.2, -0.15) is 0 Å². The van der Waals surface area contributed by atoms with E-state index in [0.717, 1.165) is 12.0 Å². The van der Waals surface area contributed by atoms with Crippen molar-refractivity contribution in [2.45, 2.75) is 77.3 Å². The van der Waals surface area contributed by atoms with Crippen LogP contribution in [0.15, 0.2) is 0 Å². The zero-order valence-corrected chi connectivity index (χ0v) is 13.2. The minimum Gasteiger partial charge on any atom is -0.308 e. The van der Waals surface area contributed by atoms with Gasteiger partial charge in [0.15, 0.2) is 0 Å². The number of hydrogen-bond acceptors (Lipinski definition) is 2. The zero-order chi connectivity index (χ0) is 13.5. The average molecular weight is 264 g/mol. The van der Waals surface area contributed by atoms with Crippen molar-refractivity contribution >= 4 is 0 Å². The molecule has 0 radical (unpaired) electrons. The van der Waals surface area contributed by atoms with Gasteiger partial charge in [0, 0.05) is 31.2 Å². The predicted molar refractivity (Wildman–Crippen MR) is 81.4 cm³/mol. The van der Waals surface area contributed by atoms with Crippen molar-refractivity contribution in [3.63, 3.8) is 0 Å². The molecule has 110 valence electrons. The highest BCUT2D eigenvalue weighted by molar-refractivity contribution is 5.03. The van der Waals surface area contributed by atoms with Crippen molar-refractivity contribution < 1.29 is 0 Å². The molecule has 3 rings (SSSR count). The monoisotopic (exact) mass is 264 g/mol. The summed E-state index contributed by atoms with van der Waals surface area (Å²) >= 11 is 0. The van der Waals surface area contributed by atoms with E-state index >= 15 is 0 Å². The van der Waals surface area contributed by atoms with Crippen molar-refractivity contribution in [1.29, 1.82) is 0 Å². The molecule has 0 bridgehead atoms. The quantitative estimate of drug-likeness (QED) is 0.840. The average Bonchev–Trinajstić information content (AvgIpc) is 2.98. The Morgan fingerprint density at radius 1 is 1.16 bits per heavy atom. The third-order valence-electron chi connectivity index (χ3n) is 6.19. The fraction of sp³-hybridized carbons (Fsp3) is 1.00. The molecular weight excluding hydrogens is 232 g/mol. The summed E-state index contributed by atoms with van der Waals surface area (Å²) in [7, 11) is 0. The van der Waals surface area contributed by atoms with E-state index in [1.807, 2.05) is 0 Å². The lowest BCUT2D eigenvalue weighted by atomic mass is 9.79. The Balaban J connectivity index is 1.64. The lowest BCUT2D eigenvalue weighted by Gasteiger charge is -2.50. The maximum Gasteiger partial charge on any atom is 0.0309 e. The Morgan fingerprint density at radius 2 is 1.84 bits per heavy atom. The van der Waals surface area contributed by atoms with Crippen LogP contribution in [0.1, 0.15) is 65.7 Å². The van der Waals surface area contributed by atoms with Crippen LogP contribution in [0.2, 0.25) is 0 Å². The zero-order valence-electron chi connectivity index (χ0n) is 13.2. The minimum absolute atomic E-state index is 0.475. The highest BCUT2D eigenvalue weighted by atomic mass is 15.3. The van der Waals surface area contributed by atoms with Gasteiger partial charge in [-0.05, 0) is 37.0 Å². The Morgan fingerprint density at radius 3 is 2.42 bits per heavy atom. The van der Waals surface area contributed by atoms with E-state index in [0.29, 0.717) is 11.0 Å². The van der Waals surface area contributed by atoms with Gasteiger partial charge in [0.1, 0.15) is 0 Å². The summed E-state index contributed by atoms with van der Waals surface area (Å²) < 4.78 is 0. The molecular formula is C17H32N2. The number of nitrogens with zero attached hydrogens (tertiary/aromatic N) is 1. The lowest BCUT2D eigenvalue weighted by molar-refractivity contribution is 0.0483. The van der Waals surface area contributed by atoms with E-state index in [1.165, 1.54) is 64.6 Å². The van der Waals surface area contributed by atoms with Crippen LogP contribution in [0, 0.1) is 11.3 Å². The first kappa shape index (κ1) is 13.9. The molecule has 2 aliphatic carbocycles.